The Balaban J connectivity index is 1.63. The van der Waals surface area contributed by atoms with Gasteiger partial charge in [-0.3, -0.25) is 9.69 Å². The molecular weight excluding hydrogens is 286 g/mol. The first-order chi connectivity index (χ1) is 10.2. The minimum atomic E-state index is 0.000993. The summed E-state index contributed by atoms with van der Waals surface area (Å²) in [6.45, 7) is 3.50. The smallest absolute Gasteiger partial charge is 0.256 e. The number of carbonyl (C=O) groups is 1. The van der Waals surface area contributed by atoms with Crippen molar-refractivity contribution in [2.45, 2.75) is 31.7 Å². The summed E-state index contributed by atoms with van der Waals surface area (Å²) in [6, 6.07) is 5.98. The molecule has 3 rings (SSSR count). The van der Waals surface area contributed by atoms with Gasteiger partial charge in [0.2, 0.25) is 0 Å². The maximum Gasteiger partial charge on any atom is 0.256 e. The minimum Gasteiger partial charge on any atom is -0.397 e. The van der Waals surface area contributed by atoms with E-state index in [0.717, 1.165) is 32.2 Å². The normalized spacial score (nSPS) is 20.9. The second-order valence-corrected chi connectivity index (χ2v) is 6.37. The first-order valence-corrected chi connectivity index (χ1v) is 8.12. The lowest BCUT2D eigenvalue weighted by Gasteiger charge is -2.38. The number of amides is 1. The third-order valence-electron chi connectivity index (χ3n) is 4.73. The highest BCUT2D eigenvalue weighted by Gasteiger charge is 2.28. The third kappa shape index (κ3) is 3.01. The van der Waals surface area contributed by atoms with Crippen molar-refractivity contribution in [1.82, 2.24) is 9.80 Å². The van der Waals surface area contributed by atoms with Crippen LogP contribution in [0.25, 0.3) is 0 Å². The molecule has 2 fully saturated rings. The van der Waals surface area contributed by atoms with Gasteiger partial charge >= 0.3 is 0 Å². The predicted octanol–water partition coefficient (Wildman–Crippen LogP) is 2.62. The van der Waals surface area contributed by atoms with Crippen LogP contribution in [0.15, 0.2) is 18.2 Å². The molecule has 4 nitrogen and oxygen atoms in total. The lowest BCUT2D eigenvalue weighted by molar-refractivity contribution is 0.0574. The van der Waals surface area contributed by atoms with Gasteiger partial charge in [-0.25, -0.2) is 0 Å². The predicted molar refractivity (Wildman–Crippen MR) is 85.6 cm³/mol. The van der Waals surface area contributed by atoms with E-state index in [1.54, 1.807) is 18.2 Å². The highest BCUT2D eigenvalue weighted by molar-refractivity contribution is 6.33. The molecule has 2 N–H and O–H groups in total. The van der Waals surface area contributed by atoms with Gasteiger partial charge in [0.05, 0.1) is 16.3 Å². The number of nitrogen functional groups attached to an aromatic ring is 1. The van der Waals surface area contributed by atoms with Crippen molar-refractivity contribution in [2.24, 2.45) is 0 Å². The maximum atomic E-state index is 12.6. The second kappa shape index (κ2) is 6.24. The number of piperazine rings is 1. The summed E-state index contributed by atoms with van der Waals surface area (Å²) in [4.78, 5) is 17.0. The van der Waals surface area contributed by atoms with Crippen LogP contribution in [0.5, 0.6) is 0 Å². The molecule has 0 bridgehead atoms. The van der Waals surface area contributed by atoms with Crippen LogP contribution in [0.3, 0.4) is 0 Å². The summed E-state index contributed by atoms with van der Waals surface area (Å²) < 4.78 is 0. The molecule has 1 aliphatic carbocycles. The Kier molecular flexibility index (Phi) is 4.36. The summed E-state index contributed by atoms with van der Waals surface area (Å²) >= 11 is 6.00. The number of halogens is 1. The molecule has 0 spiro atoms. The Labute approximate surface area is 130 Å². The highest BCUT2D eigenvalue weighted by atomic mass is 35.5. The van der Waals surface area contributed by atoms with E-state index >= 15 is 0 Å². The zero-order chi connectivity index (χ0) is 14.8. The number of nitrogens with zero attached hydrogens (tertiary/aromatic N) is 2. The maximum absolute atomic E-state index is 12.6. The summed E-state index contributed by atoms with van der Waals surface area (Å²) in [5.41, 5.74) is 6.84. The Morgan fingerprint density at radius 2 is 1.81 bits per heavy atom. The zero-order valence-electron chi connectivity index (χ0n) is 12.2. The zero-order valence-corrected chi connectivity index (χ0v) is 13.0. The quantitative estimate of drug-likeness (QED) is 0.855. The standard InChI is InChI=1S/C16H22ClN3O/c17-14-7-3-6-13(15(14)18)16(21)20-10-8-19(9-11-20)12-4-1-2-5-12/h3,6-7,12H,1-2,4-5,8-11,18H2. The number of rotatable bonds is 2. The van der Waals surface area contributed by atoms with Gasteiger partial charge in [-0.2, -0.15) is 0 Å². The first kappa shape index (κ1) is 14.7. The molecule has 1 aromatic carbocycles. The molecule has 1 heterocycles. The Bertz CT molecular complexity index is 520. The van der Waals surface area contributed by atoms with Crippen LogP contribution in [-0.2, 0) is 0 Å². The average Bonchev–Trinajstić information content (AvgIpc) is 3.04. The van der Waals surface area contributed by atoms with Crippen LogP contribution in [0, 0.1) is 0 Å². The monoisotopic (exact) mass is 307 g/mol. The van der Waals surface area contributed by atoms with Crippen LogP contribution in [0.2, 0.25) is 5.02 Å². The van der Waals surface area contributed by atoms with E-state index in [1.807, 2.05) is 4.90 Å². The van der Waals surface area contributed by atoms with Gasteiger partial charge in [0.15, 0.2) is 0 Å². The number of benzene rings is 1. The number of nitrogens with two attached hydrogens (primary N) is 1. The van der Waals surface area contributed by atoms with E-state index in [2.05, 4.69) is 4.90 Å². The van der Waals surface area contributed by atoms with Crippen LogP contribution in [0.1, 0.15) is 36.0 Å². The van der Waals surface area contributed by atoms with Crippen molar-refractivity contribution in [1.29, 1.82) is 0 Å². The van der Waals surface area contributed by atoms with Gasteiger partial charge in [0.25, 0.3) is 5.91 Å². The summed E-state index contributed by atoms with van der Waals surface area (Å²) in [5, 5.41) is 0.449. The molecule has 114 valence electrons. The van der Waals surface area contributed by atoms with Gasteiger partial charge in [0, 0.05) is 32.2 Å². The molecule has 1 amide bonds. The lowest BCUT2D eigenvalue weighted by Crippen LogP contribution is -2.51. The second-order valence-electron chi connectivity index (χ2n) is 5.97. The Hall–Kier alpha value is -1.26. The molecule has 1 aliphatic heterocycles. The van der Waals surface area contributed by atoms with Crippen LogP contribution in [0.4, 0.5) is 5.69 Å². The fourth-order valence-electron chi connectivity index (χ4n) is 3.45. The summed E-state index contributed by atoms with van der Waals surface area (Å²) in [6.07, 6.45) is 5.33. The van der Waals surface area contributed by atoms with Crippen LogP contribution in [-0.4, -0.2) is 47.9 Å². The topological polar surface area (TPSA) is 49.6 Å². The van der Waals surface area contributed by atoms with E-state index in [-0.39, 0.29) is 5.91 Å². The van der Waals surface area contributed by atoms with E-state index in [1.165, 1.54) is 25.7 Å². The van der Waals surface area contributed by atoms with Crippen LogP contribution < -0.4 is 5.73 Å². The fraction of sp³-hybridized carbons (Fsp3) is 0.562. The molecule has 5 heteroatoms. The number of hydrogen-bond donors (Lipinski definition) is 1. The van der Waals surface area contributed by atoms with E-state index in [9.17, 15) is 4.79 Å². The Morgan fingerprint density at radius 3 is 2.48 bits per heavy atom. The van der Waals surface area contributed by atoms with Crippen LogP contribution >= 0.6 is 11.6 Å². The van der Waals surface area contributed by atoms with Crippen molar-refractivity contribution in [2.75, 3.05) is 31.9 Å². The van der Waals surface area contributed by atoms with Crippen molar-refractivity contribution >= 4 is 23.2 Å². The molecular formula is C16H22ClN3O. The molecule has 0 aromatic heterocycles. The van der Waals surface area contributed by atoms with Gasteiger partial charge in [-0.1, -0.05) is 30.5 Å². The Morgan fingerprint density at radius 1 is 1.14 bits per heavy atom. The van der Waals surface area contributed by atoms with Gasteiger partial charge in [-0.05, 0) is 25.0 Å². The third-order valence-corrected chi connectivity index (χ3v) is 5.06. The molecule has 1 aromatic rings. The van der Waals surface area contributed by atoms with E-state index in [4.69, 9.17) is 17.3 Å². The highest BCUT2D eigenvalue weighted by Crippen LogP contribution is 2.26. The van der Waals surface area contributed by atoms with E-state index < -0.39 is 0 Å². The van der Waals surface area contributed by atoms with Gasteiger partial charge in [-0.15, -0.1) is 0 Å². The first-order valence-electron chi connectivity index (χ1n) is 7.74. The average molecular weight is 308 g/mol. The summed E-state index contributed by atoms with van der Waals surface area (Å²) in [7, 11) is 0. The number of carbonyl (C=O) groups excluding carboxylic acids is 1. The van der Waals surface area contributed by atoms with Crippen molar-refractivity contribution in [3.8, 4) is 0 Å². The molecule has 1 saturated heterocycles. The molecule has 0 unspecified atom stereocenters. The molecule has 2 aliphatic rings. The minimum absolute atomic E-state index is 0.000993. The lowest BCUT2D eigenvalue weighted by atomic mass is 10.1. The van der Waals surface area contributed by atoms with Crippen molar-refractivity contribution < 1.29 is 4.79 Å². The van der Waals surface area contributed by atoms with Gasteiger partial charge in [0.1, 0.15) is 0 Å². The number of hydrogen-bond acceptors (Lipinski definition) is 3. The molecule has 0 radical (unpaired) electrons. The fourth-order valence-corrected chi connectivity index (χ4v) is 3.63. The number of para-hydroxylation sites is 1. The van der Waals surface area contributed by atoms with Crippen molar-refractivity contribution in [3.05, 3.63) is 28.8 Å². The molecule has 0 atom stereocenters. The summed E-state index contributed by atoms with van der Waals surface area (Å²) in [5.74, 6) is 0.000993. The largest absolute Gasteiger partial charge is 0.397 e. The van der Waals surface area contributed by atoms with E-state index in [0.29, 0.717) is 16.3 Å². The molecule has 21 heavy (non-hydrogen) atoms. The van der Waals surface area contributed by atoms with Gasteiger partial charge < -0.3 is 10.6 Å². The molecule has 1 saturated carbocycles. The van der Waals surface area contributed by atoms with Crippen molar-refractivity contribution in [3.63, 3.8) is 0 Å². The SMILES string of the molecule is Nc1c(Cl)cccc1C(=O)N1CCN(C2CCCC2)CC1. The number of anilines is 1.